The van der Waals surface area contributed by atoms with Crippen LogP contribution in [0.3, 0.4) is 0 Å². The van der Waals surface area contributed by atoms with Crippen molar-refractivity contribution >= 4 is 11.8 Å². The number of thioether (sulfide) groups is 1. The number of hydrogen-bond donors (Lipinski definition) is 2. The van der Waals surface area contributed by atoms with Gasteiger partial charge in [-0.05, 0) is 18.9 Å². The maximum atomic E-state index is 9.24. The smallest absolute Gasteiger partial charge is 0.188 e. The third-order valence-electron chi connectivity index (χ3n) is 2.06. The molecular formula is C11H18N2O2S. The standard InChI is InChI=1S/C11H18N2O2S/c1-7(2)10-4-8(3)12-11(13-10)16-6-9(15)5-14/h4,7,9,14-15H,5-6H2,1-3H3. The molecular weight excluding hydrogens is 224 g/mol. The van der Waals surface area contributed by atoms with Gasteiger partial charge >= 0.3 is 0 Å². The highest BCUT2D eigenvalue weighted by Gasteiger charge is 2.08. The summed E-state index contributed by atoms with van der Waals surface area (Å²) in [5, 5.41) is 18.6. The topological polar surface area (TPSA) is 66.2 Å². The minimum Gasteiger partial charge on any atom is -0.394 e. The Morgan fingerprint density at radius 2 is 2.06 bits per heavy atom. The fraction of sp³-hybridized carbons (Fsp3) is 0.636. The van der Waals surface area contributed by atoms with Gasteiger partial charge in [0.2, 0.25) is 0 Å². The molecule has 0 spiro atoms. The Balaban J connectivity index is 2.72. The van der Waals surface area contributed by atoms with Crippen LogP contribution in [-0.4, -0.2) is 38.6 Å². The molecule has 16 heavy (non-hydrogen) atoms. The summed E-state index contributed by atoms with van der Waals surface area (Å²) in [5.41, 5.74) is 1.94. The van der Waals surface area contributed by atoms with E-state index in [1.165, 1.54) is 11.8 Å². The van der Waals surface area contributed by atoms with Gasteiger partial charge in [-0.3, -0.25) is 0 Å². The number of rotatable bonds is 5. The van der Waals surface area contributed by atoms with E-state index in [4.69, 9.17) is 5.11 Å². The lowest BCUT2D eigenvalue weighted by molar-refractivity contribution is 0.113. The second-order valence-corrected chi connectivity index (χ2v) is 5.01. The molecule has 0 saturated carbocycles. The van der Waals surface area contributed by atoms with Crippen LogP contribution < -0.4 is 0 Å². The largest absolute Gasteiger partial charge is 0.394 e. The summed E-state index contributed by atoms with van der Waals surface area (Å²) in [5.74, 6) is 0.779. The van der Waals surface area contributed by atoms with Crippen molar-refractivity contribution in [1.29, 1.82) is 0 Å². The van der Waals surface area contributed by atoms with Crippen LogP contribution in [0.5, 0.6) is 0 Å². The average molecular weight is 242 g/mol. The Hall–Kier alpha value is -0.650. The molecule has 1 aromatic rings. The number of aliphatic hydroxyl groups is 2. The summed E-state index contributed by atoms with van der Waals surface area (Å²) >= 11 is 1.37. The highest BCUT2D eigenvalue weighted by Crippen LogP contribution is 2.19. The molecule has 0 aliphatic carbocycles. The molecule has 1 rings (SSSR count). The first kappa shape index (κ1) is 13.4. The molecule has 5 heteroatoms. The van der Waals surface area contributed by atoms with Crippen LogP contribution >= 0.6 is 11.8 Å². The lowest BCUT2D eigenvalue weighted by Crippen LogP contribution is -2.15. The maximum absolute atomic E-state index is 9.24. The number of aryl methyl sites for hydroxylation is 1. The third-order valence-corrected chi connectivity index (χ3v) is 3.05. The summed E-state index contributed by atoms with van der Waals surface area (Å²) in [7, 11) is 0. The van der Waals surface area contributed by atoms with Gasteiger partial charge in [-0.1, -0.05) is 25.6 Å². The molecule has 0 saturated heterocycles. The van der Waals surface area contributed by atoms with Gasteiger partial charge in [0.05, 0.1) is 12.7 Å². The van der Waals surface area contributed by atoms with Gasteiger partial charge in [0.25, 0.3) is 0 Å². The second kappa shape index (κ2) is 6.18. The van der Waals surface area contributed by atoms with Crippen LogP contribution in [0.15, 0.2) is 11.2 Å². The first-order chi connectivity index (χ1) is 7.52. The zero-order valence-electron chi connectivity index (χ0n) is 9.84. The summed E-state index contributed by atoms with van der Waals surface area (Å²) < 4.78 is 0. The average Bonchev–Trinajstić information content (AvgIpc) is 2.25. The molecule has 1 atom stereocenters. The highest BCUT2D eigenvalue weighted by molar-refractivity contribution is 7.99. The first-order valence-electron chi connectivity index (χ1n) is 5.30. The fourth-order valence-electron chi connectivity index (χ4n) is 1.15. The predicted molar refractivity (Wildman–Crippen MR) is 64.7 cm³/mol. The van der Waals surface area contributed by atoms with E-state index in [0.717, 1.165) is 11.4 Å². The lowest BCUT2D eigenvalue weighted by Gasteiger charge is -2.09. The van der Waals surface area contributed by atoms with Gasteiger partial charge in [-0.25, -0.2) is 9.97 Å². The Labute approximate surface area is 100 Å². The van der Waals surface area contributed by atoms with Crippen LogP contribution in [0.25, 0.3) is 0 Å². The SMILES string of the molecule is Cc1cc(C(C)C)nc(SCC(O)CO)n1. The van der Waals surface area contributed by atoms with Crippen molar-refractivity contribution in [3.8, 4) is 0 Å². The number of hydrogen-bond acceptors (Lipinski definition) is 5. The minimum absolute atomic E-state index is 0.226. The molecule has 1 heterocycles. The number of aliphatic hydroxyl groups excluding tert-OH is 2. The second-order valence-electron chi connectivity index (χ2n) is 4.02. The van der Waals surface area contributed by atoms with Gasteiger partial charge in [0, 0.05) is 17.1 Å². The van der Waals surface area contributed by atoms with Gasteiger partial charge in [0.15, 0.2) is 5.16 Å². The van der Waals surface area contributed by atoms with E-state index in [1.807, 2.05) is 13.0 Å². The van der Waals surface area contributed by atoms with Gasteiger partial charge < -0.3 is 10.2 Å². The van der Waals surface area contributed by atoms with Crippen LogP contribution in [-0.2, 0) is 0 Å². The number of nitrogens with zero attached hydrogens (tertiary/aromatic N) is 2. The summed E-state index contributed by atoms with van der Waals surface area (Å²) in [4.78, 5) is 8.68. The maximum Gasteiger partial charge on any atom is 0.188 e. The Bertz CT molecular complexity index is 345. The van der Waals surface area contributed by atoms with E-state index in [0.29, 0.717) is 16.8 Å². The molecule has 1 aromatic heterocycles. The Morgan fingerprint density at radius 1 is 1.38 bits per heavy atom. The first-order valence-corrected chi connectivity index (χ1v) is 6.28. The fourth-order valence-corrected chi connectivity index (χ4v) is 1.97. The van der Waals surface area contributed by atoms with Crippen molar-refractivity contribution in [2.45, 2.75) is 37.9 Å². The summed E-state index contributed by atoms with van der Waals surface area (Å²) in [6.07, 6.45) is -0.711. The third kappa shape index (κ3) is 4.08. The van der Waals surface area contributed by atoms with Gasteiger partial charge in [-0.15, -0.1) is 0 Å². The van der Waals surface area contributed by atoms with E-state index in [-0.39, 0.29) is 6.61 Å². The van der Waals surface area contributed by atoms with Crippen LogP contribution in [0.2, 0.25) is 0 Å². The molecule has 4 nitrogen and oxygen atoms in total. The zero-order valence-corrected chi connectivity index (χ0v) is 10.7. The van der Waals surface area contributed by atoms with Crippen LogP contribution in [0, 0.1) is 6.92 Å². The summed E-state index contributed by atoms with van der Waals surface area (Å²) in [6.45, 7) is 5.87. The molecule has 0 aromatic carbocycles. The Morgan fingerprint density at radius 3 is 2.62 bits per heavy atom. The van der Waals surface area contributed by atoms with Crippen molar-refractivity contribution in [2.75, 3.05) is 12.4 Å². The van der Waals surface area contributed by atoms with Crippen molar-refractivity contribution in [3.05, 3.63) is 17.5 Å². The molecule has 0 aliphatic heterocycles. The molecule has 0 aliphatic rings. The number of aromatic nitrogens is 2. The Kier molecular flexibility index (Phi) is 5.18. The van der Waals surface area contributed by atoms with Gasteiger partial charge in [-0.2, -0.15) is 0 Å². The van der Waals surface area contributed by atoms with E-state index in [9.17, 15) is 5.11 Å². The predicted octanol–water partition coefficient (Wildman–Crippen LogP) is 1.35. The van der Waals surface area contributed by atoms with E-state index in [1.54, 1.807) is 0 Å². The van der Waals surface area contributed by atoms with Crippen LogP contribution in [0.4, 0.5) is 0 Å². The quantitative estimate of drug-likeness (QED) is 0.603. The summed E-state index contributed by atoms with van der Waals surface area (Å²) in [6, 6.07) is 1.97. The van der Waals surface area contributed by atoms with Crippen molar-refractivity contribution in [1.82, 2.24) is 9.97 Å². The monoisotopic (exact) mass is 242 g/mol. The normalized spacial score (nSPS) is 13.1. The molecule has 0 radical (unpaired) electrons. The molecule has 2 N–H and O–H groups in total. The van der Waals surface area contributed by atoms with E-state index in [2.05, 4.69) is 23.8 Å². The van der Waals surface area contributed by atoms with Crippen molar-refractivity contribution in [3.63, 3.8) is 0 Å². The molecule has 90 valence electrons. The van der Waals surface area contributed by atoms with E-state index < -0.39 is 6.10 Å². The zero-order chi connectivity index (χ0) is 12.1. The van der Waals surface area contributed by atoms with Crippen molar-refractivity contribution < 1.29 is 10.2 Å². The molecule has 1 unspecified atom stereocenters. The molecule has 0 amide bonds. The lowest BCUT2D eigenvalue weighted by atomic mass is 10.1. The molecule has 0 fully saturated rings. The highest BCUT2D eigenvalue weighted by atomic mass is 32.2. The van der Waals surface area contributed by atoms with E-state index >= 15 is 0 Å². The molecule has 0 bridgehead atoms. The van der Waals surface area contributed by atoms with Gasteiger partial charge in [0.1, 0.15) is 0 Å². The minimum atomic E-state index is -0.711. The van der Waals surface area contributed by atoms with Crippen LogP contribution in [0.1, 0.15) is 31.2 Å². The van der Waals surface area contributed by atoms with Crippen molar-refractivity contribution in [2.24, 2.45) is 0 Å².